The van der Waals surface area contributed by atoms with Gasteiger partial charge in [0.1, 0.15) is 11.8 Å². The van der Waals surface area contributed by atoms with Crippen molar-refractivity contribution >= 4 is 27.8 Å². The molecule has 2 fully saturated rings. The summed E-state index contributed by atoms with van der Waals surface area (Å²) in [5.74, 6) is -1.16. The summed E-state index contributed by atoms with van der Waals surface area (Å²) < 4.78 is 0.671. The van der Waals surface area contributed by atoms with E-state index in [0.29, 0.717) is 11.0 Å². The van der Waals surface area contributed by atoms with Crippen molar-refractivity contribution < 1.29 is 19.8 Å². The van der Waals surface area contributed by atoms with E-state index in [0.717, 1.165) is 19.3 Å². The van der Waals surface area contributed by atoms with Gasteiger partial charge in [-0.05, 0) is 42.9 Å². The van der Waals surface area contributed by atoms with E-state index in [4.69, 9.17) is 0 Å². The molecule has 2 aliphatic rings. The summed E-state index contributed by atoms with van der Waals surface area (Å²) in [4.78, 5) is 25.6. The smallest absolute Gasteiger partial charge is 0.326 e. The average molecular weight is 354 g/mol. The first-order valence-corrected chi connectivity index (χ1v) is 7.80. The van der Waals surface area contributed by atoms with Crippen molar-refractivity contribution in [3.05, 3.63) is 28.2 Å². The Kier molecular flexibility index (Phi) is 3.65. The van der Waals surface area contributed by atoms with E-state index < -0.39 is 17.9 Å². The Hall–Kier alpha value is -1.56. The molecule has 1 saturated carbocycles. The first-order valence-electron chi connectivity index (χ1n) is 7.01. The molecule has 1 heterocycles. The highest BCUT2D eigenvalue weighted by molar-refractivity contribution is 9.10. The van der Waals surface area contributed by atoms with Crippen molar-refractivity contribution in [1.82, 2.24) is 4.90 Å². The first kappa shape index (κ1) is 14.4. The Labute approximate surface area is 130 Å². The molecule has 2 N–H and O–H groups in total. The van der Waals surface area contributed by atoms with Crippen LogP contribution in [0, 0.1) is 11.8 Å². The van der Waals surface area contributed by atoms with Gasteiger partial charge in [-0.1, -0.05) is 22.4 Å². The zero-order valence-corrected chi connectivity index (χ0v) is 12.9. The summed E-state index contributed by atoms with van der Waals surface area (Å²) in [6.07, 6.45) is 2.87. The number of nitrogens with zero attached hydrogens (tertiary/aromatic N) is 1. The number of rotatable bonds is 2. The Balaban J connectivity index is 1.91. The predicted octanol–water partition coefficient (Wildman–Crippen LogP) is 2.48. The topological polar surface area (TPSA) is 77.8 Å². The second kappa shape index (κ2) is 5.33. The van der Waals surface area contributed by atoms with Gasteiger partial charge in [-0.3, -0.25) is 4.79 Å². The van der Waals surface area contributed by atoms with Gasteiger partial charge in [0.2, 0.25) is 0 Å². The number of hydrogen-bond acceptors (Lipinski definition) is 3. The van der Waals surface area contributed by atoms with E-state index in [2.05, 4.69) is 15.9 Å². The summed E-state index contributed by atoms with van der Waals surface area (Å²) in [6, 6.07) is 3.86. The first-order chi connectivity index (χ1) is 9.99. The number of phenols is 1. The normalized spacial score (nSPS) is 27.7. The van der Waals surface area contributed by atoms with Crippen LogP contribution < -0.4 is 0 Å². The van der Waals surface area contributed by atoms with Crippen molar-refractivity contribution in [3.8, 4) is 5.75 Å². The molecule has 112 valence electrons. The number of likely N-dealkylation sites (tertiary alicyclic amines) is 1. The molecule has 3 atom stereocenters. The Morgan fingerprint density at radius 3 is 2.71 bits per heavy atom. The van der Waals surface area contributed by atoms with E-state index >= 15 is 0 Å². The number of amides is 1. The zero-order valence-electron chi connectivity index (χ0n) is 11.3. The van der Waals surface area contributed by atoms with E-state index in [1.54, 1.807) is 6.07 Å². The third-order valence-electron chi connectivity index (χ3n) is 4.59. The quantitative estimate of drug-likeness (QED) is 0.855. The van der Waals surface area contributed by atoms with Crippen LogP contribution in [-0.2, 0) is 4.79 Å². The monoisotopic (exact) mass is 353 g/mol. The SMILES string of the molecule is O=C(O)C1C2CCCC2CN1C(=O)c1ccc(Br)cc1O. The molecule has 0 spiro atoms. The van der Waals surface area contributed by atoms with Crippen LogP contribution in [0.2, 0.25) is 0 Å². The minimum Gasteiger partial charge on any atom is -0.507 e. The Bertz CT molecular complexity index is 603. The molecule has 3 unspecified atom stereocenters. The van der Waals surface area contributed by atoms with Crippen LogP contribution in [-0.4, -0.2) is 39.6 Å². The maximum absolute atomic E-state index is 12.6. The maximum atomic E-state index is 12.6. The number of hydrogen-bond donors (Lipinski definition) is 2. The van der Waals surface area contributed by atoms with Gasteiger partial charge in [-0.2, -0.15) is 0 Å². The van der Waals surface area contributed by atoms with Gasteiger partial charge in [-0.15, -0.1) is 0 Å². The average Bonchev–Trinajstić information content (AvgIpc) is 2.96. The van der Waals surface area contributed by atoms with Crippen molar-refractivity contribution in [2.45, 2.75) is 25.3 Å². The second-order valence-electron chi connectivity index (χ2n) is 5.76. The van der Waals surface area contributed by atoms with Gasteiger partial charge in [-0.25, -0.2) is 4.79 Å². The third-order valence-corrected chi connectivity index (χ3v) is 5.09. The van der Waals surface area contributed by atoms with Crippen LogP contribution in [0.25, 0.3) is 0 Å². The molecule has 0 aromatic heterocycles. The molecular formula is C15H16BrNO4. The minimum atomic E-state index is -0.950. The molecular weight excluding hydrogens is 338 g/mol. The van der Waals surface area contributed by atoms with Crippen LogP contribution in [0.1, 0.15) is 29.6 Å². The lowest BCUT2D eigenvalue weighted by Crippen LogP contribution is -2.43. The van der Waals surface area contributed by atoms with Gasteiger partial charge in [0, 0.05) is 11.0 Å². The fourth-order valence-electron chi connectivity index (χ4n) is 3.67. The van der Waals surface area contributed by atoms with E-state index in [1.165, 1.54) is 17.0 Å². The lowest BCUT2D eigenvalue weighted by Gasteiger charge is -2.24. The number of phenolic OH excluding ortho intramolecular Hbond substituents is 1. The highest BCUT2D eigenvalue weighted by Gasteiger charge is 2.49. The third kappa shape index (κ3) is 2.41. The summed E-state index contributed by atoms with van der Waals surface area (Å²) in [5.41, 5.74) is 0.157. The number of carbonyl (C=O) groups excluding carboxylic acids is 1. The number of carboxylic acids is 1. The summed E-state index contributed by atoms with van der Waals surface area (Å²) in [7, 11) is 0. The Morgan fingerprint density at radius 2 is 2.05 bits per heavy atom. The summed E-state index contributed by atoms with van der Waals surface area (Å²) >= 11 is 3.22. The van der Waals surface area contributed by atoms with Crippen LogP contribution in [0.3, 0.4) is 0 Å². The molecule has 1 aromatic carbocycles. The van der Waals surface area contributed by atoms with Crippen molar-refractivity contribution in [1.29, 1.82) is 0 Å². The molecule has 1 amide bonds. The van der Waals surface area contributed by atoms with Crippen molar-refractivity contribution in [2.75, 3.05) is 6.54 Å². The lowest BCUT2D eigenvalue weighted by molar-refractivity contribution is -0.142. The standard InChI is InChI=1S/C15H16BrNO4/c16-9-4-5-11(12(18)6-9)14(19)17-7-8-2-1-3-10(8)13(17)15(20)21/h4-6,8,10,13,18H,1-3,7H2,(H,20,21). The van der Waals surface area contributed by atoms with Crippen LogP contribution in [0.5, 0.6) is 5.75 Å². The molecule has 3 rings (SSSR count). The lowest BCUT2D eigenvalue weighted by atomic mass is 9.94. The van der Waals surface area contributed by atoms with Crippen LogP contribution in [0.4, 0.5) is 0 Å². The predicted molar refractivity (Wildman–Crippen MR) is 79.1 cm³/mol. The molecule has 5 nitrogen and oxygen atoms in total. The van der Waals surface area contributed by atoms with E-state index in [1.807, 2.05) is 0 Å². The number of fused-ring (bicyclic) bond motifs is 1. The summed E-state index contributed by atoms with van der Waals surface area (Å²) in [6.45, 7) is 0.468. The number of aliphatic carboxylic acids is 1. The summed E-state index contributed by atoms with van der Waals surface area (Å²) in [5, 5.41) is 19.4. The van der Waals surface area contributed by atoms with Gasteiger partial charge in [0.15, 0.2) is 0 Å². The molecule has 1 aliphatic heterocycles. The van der Waals surface area contributed by atoms with Crippen LogP contribution in [0.15, 0.2) is 22.7 Å². The fraction of sp³-hybridized carbons (Fsp3) is 0.467. The molecule has 6 heteroatoms. The van der Waals surface area contributed by atoms with Gasteiger partial charge < -0.3 is 15.1 Å². The molecule has 1 saturated heterocycles. The fourth-order valence-corrected chi connectivity index (χ4v) is 4.02. The molecule has 21 heavy (non-hydrogen) atoms. The number of benzene rings is 1. The molecule has 1 aromatic rings. The number of carbonyl (C=O) groups is 2. The van der Waals surface area contributed by atoms with E-state index in [9.17, 15) is 19.8 Å². The highest BCUT2D eigenvalue weighted by Crippen LogP contribution is 2.43. The number of halogens is 1. The maximum Gasteiger partial charge on any atom is 0.326 e. The number of carboxylic acid groups (broad SMARTS) is 1. The van der Waals surface area contributed by atoms with Crippen molar-refractivity contribution in [3.63, 3.8) is 0 Å². The van der Waals surface area contributed by atoms with E-state index in [-0.39, 0.29) is 23.1 Å². The Morgan fingerprint density at radius 1 is 1.29 bits per heavy atom. The molecule has 0 radical (unpaired) electrons. The second-order valence-corrected chi connectivity index (χ2v) is 6.67. The number of aromatic hydroxyl groups is 1. The molecule has 1 aliphatic carbocycles. The minimum absolute atomic E-state index is 0.0454. The molecule has 0 bridgehead atoms. The highest BCUT2D eigenvalue weighted by atomic mass is 79.9. The van der Waals surface area contributed by atoms with Crippen molar-refractivity contribution in [2.24, 2.45) is 11.8 Å². The van der Waals surface area contributed by atoms with Gasteiger partial charge in [0.25, 0.3) is 5.91 Å². The van der Waals surface area contributed by atoms with Crippen LogP contribution >= 0.6 is 15.9 Å². The zero-order chi connectivity index (χ0) is 15.1. The largest absolute Gasteiger partial charge is 0.507 e. The van der Waals surface area contributed by atoms with Gasteiger partial charge >= 0.3 is 5.97 Å². The van der Waals surface area contributed by atoms with Gasteiger partial charge in [0.05, 0.1) is 5.56 Å².